The predicted molar refractivity (Wildman–Crippen MR) is 90.6 cm³/mol. The topological polar surface area (TPSA) is 126 Å². The molecule has 170 valence electrons. The standard InChI is InChI=1S/C15H18F6N4O4S/c16-14(17,18)8-1-3-25(4-2-8)30(28,29)9-5-10(22)12(23-6-9)13(27)24-7-11(26)15(19,20)21/h5-6,8,11,26H,1-4,7,22H2,(H,24,27). The second-order valence-corrected chi connectivity index (χ2v) is 8.53. The van der Waals surface area contributed by atoms with Crippen LogP contribution in [0.15, 0.2) is 17.2 Å². The van der Waals surface area contributed by atoms with E-state index in [1.165, 1.54) is 0 Å². The Kier molecular flexibility index (Phi) is 6.88. The lowest BCUT2D eigenvalue weighted by atomic mass is 9.98. The number of hydrogen-bond donors (Lipinski definition) is 3. The summed E-state index contributed by atoms with van der Waals surface area (Å²) in [5.74, 6) is -2.78. The third-order valence-corrected chi connectivity index (χ3v) is 6.36. The van der Waals surface area contributed by atoms with Crippen molar-refractivity contribution in [2.75, 3.05) is 25.4 Å². The van der Waals surface area contributed by atoms with Gasteiger partial charge in [0.2, 0.25) is 10.0 Å². The van der Waals surface area contributed by atoms with Crippen LogP contribution in [0.25, 0.3) is 0 Å². The van der Waals surface area contributed by atoms with E-state index in [0.717, 1.165) is 16.6 Å². The van der Waals surface area contributed by atoms with E-state index < -0.39 is 76.0 Å². The molecule has 2 heterocycles. The van der Waals surface area contributed by atoms with Gasteiger partial charge in [-0.25, -0.2) is 13.4 Å². The molecule has 1 aliphatic heterocycles. The lowest BCUT2D eigenvalue weighted by Gasteiger charge is -2.32. The van der Waals surface area contributed by atoms with E-state index in [-0.39, 0.29) is 13.1 Å². The lowest BCUT2D eigenvalue weighted by molar-refractivity contribution is -0.201. The van der Waals surface area contributed by atoms with Crippen LogP contribution in [0, 0.1) is 5.92 Å². The van der Waals surface area contributed by atoms with Crippen molar-refractivity contribution in [2.45, 2.75) is 36.2 Å². The number of aliphatic hydroxyl groups excluding tert-OH is 1. The van der Waals surface area contributed by atoms with Gasteiger partial charge < -0.3 is 16.2 Å². The van der Waals surface area contributed by atoms with Crippen LogP contribution in [0.2, 0.25) is 0 Å². The number of alkyl halides is 6. The number of sulfonamides is 1. The van der Waals surface area contributed by atoms with Crippen molar-refractivity contribution in [1.82, 2.24) is 14.6 Å². The van der Waals surface area contributed by atoms with E-state index in [9.17, 15) is 39.6 Å². The van der Waals surface area contributed by atoms with Gasteiger partial charge in [0, 0.05) is 19.3 Å². The molecule has 0 saturated carbocycles. The van der Waals surface area contributed by atoms with E-state index in [0.29, 0.717) is 0 Å². The van der Waals surface area contributed by atoms with E-state index in [1.807, 2.05) is 0 Å². The number of carbonyl (C=O) groups is 1. The molecule has 1 fully saturated rings. The summed E-state index contributed by atoms with van der Waals surface area (Å²) in [4.78, 5) is 15.0. The van der Waals surface area contributed by atoms with Gasteiger partial charge in [0.05, 0.1) is 18.2 Å². The summed E-state index contributed by atoms with van der Waals surface area (Å²) < 4.78 is 101. The van der Waals surface area contributed by atoms with Gasteiger partial charge in [-0.15, -0.1) is 0 Å². The van der Waals surface area contributed by atoms with Crippen molar-refractivity contribution >= 4 is 21.6 Å². The smallest absolute Gasteiger partial charge is 0.397 e. The Morgan fingerprint density at radius 1 is 1.27 bits per heavy atom. The van der Waals surface area contributed by atoms with Crippen molar-refractivity contribution in [3.05, 3.63) is 18.0 Å². The Balaban J connectivity index is 2.10. The molecule has 1 aliphatic rings. The van der Waals surface area contributed by atoms with Crippen molar-refractivity contribution in [1.29, 1.82) is 0 Å². The normalized spacial score (nSPS) is 18.2. The third-order valence-electron chi connectivity index (χ3n) is 4.50. The van der Waals surface area contributed by atoms with Gasteiger partial charge in [-0.3, -0.25) is 4.79 Å². The van der Waals surface area contributed by atoms with Crippen LogP contribution < -0.4 is 11.1 Å². The molecule has 1 aromatic heterocycles. The van der Waals surface area contributed by atoms with Gasteiger partial charge in [0.15, 0.2) is 11.8 Å². The number of piperidine rings is 1. The van der Waals surface area contributed by atoms with Gasteiger partial charge in [-0.2, -0.15) is 30.6 Å². The fourth-order valence-electron chi connectivity index (χ4n) is 2.75. The molecule has 1 saturated heterocycles. The first-order valence-corrected chi connectivity index (χ1v) is 9.93. The molecule has 1 aromatic rings. The van der Waals surface area contributed by atoms with Crippen LogP contribution in [-0.2, 0) is 10.0 Å². The minimum atomic E-state index is -4.95. The molecular formula is C15H18F6N4O4S. The Labute approximate surface area is 167 Å². The molecule has 8 nitrogen and oxygen atoms in total. The molecule has 4 N–H and O–H groups in total. The molecule has 30 heavy (non-hydrogen) atoms. The number of nitrogen functional groups attached to an aromatic ring is 1. The molecule has 1 unspecified atom stereocenters. The Morgan fingerprint density at radius 2 is 1.83 bits per heavy atom. The highest BCUT2D eigenvalue weighted by molar-refractivity contribution is 7.89. The number of carbonyl (C=O) groups excluding carboxylic acids is 1. The quantitative estimate of drug-likeness (QED) is 0.564. The SMILES string of the molecule is Nc1cc(S(=O)(=O)N2CCC(C(F)(F)F)CC2)cnc1C(=O)NCC(O)C(F)(F)F. The Morgan fingerprint density at radius 3 is 2.30 bits per heavy atom. The third kappa shape index (κ3) is 5.51. The van der Waals surface area contributed by atoms with Crippen LogP contribution in [0.1, 0.15) is 23.3 Å². The van der Waals surface area contributed by atoms with Gasteiger partial charge in [-0.05, 0) is 18.9 Å². The minimum absolute atomic E-state index is 0.371. The van der Waals surface area contributed by atoms with Crippen LogP contribution in [-0.4, -0.2) is 66.8 Å². The molecular weight excluding hydrogens is 446 g/mol. The molecule has 0 spiro atoms. The first kappa shape index (κ1) is 24.1. The number of pyridine rings is 1. The molecule has 0 bridgehead atoms. The summed E-state index contributed by atoms with van der Waals surface area (Å²) in [6.45, 7) is -1.91. The van der Waals surface area contributed by atoms with Crippen molar-refractivity contribution in [3.8, 4) is 0 Å². The summed E-state index contributed by atoms with van der Waals surface area (Å²) in [6, 6.07) is 0.841. The zero-order chi connectivity index (χ0) is 22.9. The van der Waals surface area contributed by atoms with Gasteiger partial charge in [0.25, 0.3) is 5.91 Å². The second-order valence-electron chi connectivity index (χ2n) is 6.60. The number of halogens is 6. The summed E-state index contributed by atoms with van der Waals surface area (Å²) in [5, 5.41) is 10.6. The van der Waals surface area contributed by atoms with E-state index in [4.69, 9.17) is 10.8 Å². The monoisotopic (exact) mass is 464 g/mol. The Hall–Kier alpha value is -2.13. The number of rotatable bonds is 5. The zero-order valence-electron chi connectivity index (χ0n) is 15.2. The van der Waals surface area contributed by atoms with E-state index in [1.54, 1.807) is 5.32 Å². The molecule has 1 amide bonds. The van der Waals surface area contributed by atoms with Crippen molar-refractivity contribution < 1.29 is 44.7 Å². The number of hydrogen-bond acceptors (Lipinski definition) is 6. The molecule has 0 aliphatic carbocycles. The lowest BCUT2D eigenvalue weighted by Crippen LogP contribution is -2.42. The van der Waals surface area contributed by atoms with Crippen LogP contribution >= 0.6 is 0 Å². The maximum Gasteiger partial charge on any atom is 0.416 e. The van der Waals surface area contributed by atoms with Gasteiger partial charge in [-0.1, -0.05) is 0 Å². The molecule has 15 heteroatoms. The zero-order valence-corrected chi connectivity index (χ0v) is 16.0. The van der Waals surface area contributed by atoms with Crippen LogP contribution in [0.4, 0.5) is 32.0 Å². The van der Waals surface area contributed by atoms with E-state index >= 15 is 0 Å². The maximum atomic E-state index is 12.7. The number of nitrogens with zero attached hydrogens (tertiary/aromatic N) is 2. The summed E-state index contributed by atoms with van der Waals surface area (Å²) in [6.07, 6.45) is -12.3. The maximum absolute atomic E-state index is 12.7. The number of amides is 1. The molecule has 1 atom stereocenters. The summed E-state index contributed by atoms with van der Waals surface area (Å²) in [5.41, 5.74) is 4.54. The highest BCUT2D eigenvalue weighted by atomic mass is 32.2. The first-order chi connectivity index (χ1) is 13.6. The predicted octanol–water partition coefficient (Wildman–Crippen LogP) is 1.28. The van der Waals surface area contributed by atoms with Crippen LogP contribution in [0.3, 0.4) is 0 Å². The number of nitrogens with two attached hydrogens (primary N) is 1. The van der Waals surface area contributed by atoms with E-state index in [2.05, 4.69) is 4.98 Å². The average molecular weight is 464 g/mol. The first-order valence-electron chi connectivity index (χ1n) is 8.49. The molecule has 2 rings (SSSR count). The van der Waals surface area contributed by atoms with Gasteiger partial charge >= 0.3 is 12.4 Å². The summed E-state index contributed by atoms with van der Waals surface area (Å²) >= 11 is 0. The highest BCUT2D eigenvalue weighted by Crippen LogP contribution is 2.35. The molecule has 0 aromatic carbocycles. The largest absolute Gasteiger partial charge is 0.416 e. The molecule has 0 radical (unpaired) electrons. The van der Waals surface area contributed by atoms with Gasteiger partial charge in [0.1, 0.15) is 4.90 Å². The average Bonchev–Trinajstić information content (AvgIpc) is 2.64. The number of aromatic nitrogens is 1. The van der Waals surface area contributed by atoms with Crippen molar-refractivity contribution in [2.24, 2.45) is 5.92 Å². The number of aliphatic hydroxyl groups is 1. The van der Waals surface area contributed by atoms with Crippen LogP contribution in [0.5, 0.6) is 0 Å². The summed E-state index contributed by atoms with van der Waals surface area (Å²) in [7, 11) is -4.24. The second kappa shape index (κ2) is 8.55. The minimum Gasteiger partial charge on any atom is -0.397 e. The fourth-order valence-corrected chi connectivity index (χ4v) is 4.21. The number of anilines is 1. The Bertz CT molecular complexity index is 882. The number of nitrogens with one attached hydrogen (secondary N) is 1. The van der Waals surface area contributed by atoms with Crippen molar-refractivity contribution in [3.63, 3.8) is 0 Å². The highest BCUT2D eigenvalue weighted by Gasteiger charge is 2.43. The fraction of sp³-hybridized carbons (Fsp3) is 0.600.